The molecule has 7 nitrogen and oxygen atoms in total. The Morgan fingerprint density at radius 2 is 2.41 bits per heavy atom. The van der Waals surface area contributed by atoms with Crippen LogP contribution in [-0.2, 0) is 0 Å². The molecule has 2 aromatic rings. The van der Waals surface area contributed by atoms with Crippen LogP contribution in [0.15, 0.2) is 16.9 Å². The van der Waals surface area contributed by atoms with E-state index in [2.05, 4.69) is 32.9 Å². The summed E-state index contributed by atoms with van der Waals surface area (Å²) in [5, 5.41) is 17.1. The second kappa shape index (κ2) is 3.56. The van der Waals surface area contributed by atoms with Gasteiger partial charge in [0, 0.05) is 12.1 Å². The minimum atomic E-state index is -0.321. The van der Waals surface area contributed by atoms with Crippen LogP contribution >= 0.6 is 0 Å². The number of rotatable bonds is 2. The first-order chi connectivity index (χ1) is 8.16. The van der Waals surface area contributed by atoms with Gasteiger partial charge in [-0.2, -0.15) is 9.61 Å². The highest BCUT2D eigenvalue weighted by Crippen LogP contribution is 2.19. The summed E-state index contributed by atoms with van der Waals surface area (Å²) in [6, 6.07) is 3.60. The maximum absolute atomic E-state index is 11.4. The van der Waals surface area contributed by atoms with Gasteiger partial charge in [-0.15, -0.1) is 5.10 Å². The van der Waals surface area contributed by atoms with E-state index < -0.39 is 0 Å². The molecule has 1 aliphatic rings. The van der Waals surface area contributed by atoms with Crippen LogP contribution in [0.3, 0.4) is 0 Å². The molecule has 0 bridgehead atoms. The molecule has 0 spiro atoms. The smallest absolute Gasteiger partial charge is 0.362 e. The van der Waals surface area contributed by atoms with Crippen LogP contribution in [0.4, 0.5) is 5.82 Å². The van der Waals surface area contributed by atoms with Gasteiger partial charge < -0.3 is 10.6 Å². The highest BCUT2D eigenvalue weighted by atomic mass is 16.2. The SMILES string of the molecule is CC1(Nc2ccc3n[nH]c(=O)n3n2)CCNC1. The monoisotopic (exact) mass is 234 g/mol. The first-order valence-electron chi connectivity index (χ1n) is 5.60. The number of fused-ring (bicyclic) bond motifs is 1. The third-order valence-corrected chi connectivity index (χ3v) is 3.07. The molecule has 1 unspecified atom stereocenters. The Labute approximate surface area is 97.2 Å². The molecule has 1 saturated heterocycles. The molecule has 3 N–H and O–H groups in total. The molecule has 2 aromatic heterocycles. The predicted molar refractivity (Wildman–Crippen MR) is 63.1 cm³/mol. The fourth-order valence-corrected chi connectivity index (χ4v) is 2.10. The van der Waals surface area contributed by atoms with Crippen molar-refractivity contribution in [2.75, 3.05) is 18.4 Å². The number of hydrogen-bond acceptors (Lipinski definition) is 5. The zero-order valence-corrected chi connectivity index (χ0v) is 9.53. The van der Waals surface area contributed by atoms with Gasteiger partial charge in [-0.1, -0.05) is 0 Å². The molecular formula is C10H14N6O. The number of hydrogen-bond donors (Lipinski definition) is 3. The lowest BCUT2D eigenvalue weighted by Gasteiger charge is -2.24. The lowest BCUT2D eigenvalue weighted by atomic mass is 10.0. The molecule has 0 amide bonds. The van der Waals surface area contributed by atoms with Gasteiger partial charge >= 0.3 is 5.69 Å². The van der Waals surface area contributed by atoms with E-state index >= 15 is 0 Å². The Kier molecular flexibility index (Phi) is 2.15. The molecule has 0 radical (unpaired) electrons. The number of aromatic amines is 1. The maximum Gasteiger partial charge on any atom is 0.364 e. The summed E-state index contributed by atoms with van der Waals surface area (Å²) in [5.41, 5.74) is 0.196. The van der Waals surface area contributed by atoms with Crippen molar-refractivity contribution in [1.82, 2.24) is 25.1 Å². The van der Waals surface area contributed by atoms with E-state index in [4.69, 9.17) is 0 Å². The molecule has 3 heterocycles. The van der Waals surface area contributed by atoms with Crippen LogP contribution < -0.4 is 16.3 Å². The summed E-state index contributed by atoms with van der Waals surface area (Å²) >= 11 is 0. The predicted octanol–water partition coefficient (Wildman–Crippen LogP) is -0.418. The lowest BCUT2D eigenvalue weighted by molar-refractivity contribution is 0.562. The van der Waals surface area contributed by atoms with Crippen molar-refractivity contribution >= 4 is 11.5 Å². The third kappa shape index (κ3) is 1.78. The Balaban J connectivity index is 1.95. The fourth-order valence-electron chi connectivity index (χ4n) is 2.10. The Hall–Kier alpha value is -1.89. The van der Waals surface area contributed by atoms with E-state index in [9.17, 15) is 4.79 Å². The van der Waals surface area contributed by atoms with Crippen molar-refractivity contribution in [3.8, 4) is 0 Å². The van der Waals surface area contributed by atoms with Crippen molar-refractivity contribution in [3.05, 3.63) is 22.6 Å². The highest BCUT2D eigenvalue weighted by Gasteiger charge is 2.28. The van der Waals surface area contributed by atoms with Crippen LogP contribution in [0.1, 0.15) is 13.3 Å². The maximum atomic E-state index is 11.4. The number of nitrogens with one attached hydrogen (secondary N) is 3. The molecule has 1 fully saturated rings. The molecule has 17 heavy (non-hydrogen) atoms. The van der Waals surface area contributed by atoms with Gasteiger partial charge in [0.05, 0.1) is 0 Å². The summed E-state index contributed by atoms with van der Waals surface area (Å²) in [5.74, 6) is 0.687. The minimum Gasteiger partial charge on any atom is -0.362 e. The van der Waals surface area contributed by atoms with Crippen LogP contribution in [0.25, 0.3) is 5.65 Å². The Morgan fingerprint density at radius 3 is 3.18 bits per heavy atom. The van der Waals surface area contributed by atoms with E-state index in [1.54, 1.807) is 6.07 Å². The van der Waals surface area contributed by atoms with Gasteiger partial charge in [0.1, 0.15) is 5.82 Å². The van der Waals surface area contributed by atoms with Gasteiger partial charge in [0.2, 0.25) is 0 Å². The van der Waals surface area contributed by atoms with E-state index in [0.717, 1.165) is 19.5 Å². The van der Waals surface area contributed by atoms with E-state index in [0.29, 0.717) is 11.5 Å². The quantitative estimate of drug-likeness (QED) is 0.657. The van der Waals surface area contributed by atoms with Gasteiger partial charge in [-0.25, -0.2) is 9.89 Å². The average Bonchev–Trinajstić information content (AvgIpc) is 2.87. The van der Waals surface area contributed by atoms with Crippen LogP contribution in [0.5, 0.6) is 0 Å². The normalized spacial score (nSPS) is 24.3. The van der Waals surface area contributed by atoms with Crippen molar-refractivity contribution in [1.29, 1.82) is 0 Å². The third-order valence-electron chi connectivity index (χ3n) is 3.07. The number of H-pyrrole nitrogens is 1. The van der Waals surface area contributed by atoms with Gasteiger partial charge in [-0.05, 0) is 32.0 Å². The first-order valence-corrected chi connectivity index (χ1v) is 5.60. The number of aromatic nitrogens is 4. The zero-order chi connectivity index (χ0) is 11.9. The Morgan fingerprint density at radius 1 is 1.53 bits per heavy atom. The van der Waals surface area contributed by atoms with Crippen LogP contribution in [0.2, 0.25) is 0 Å². The van der Waals surface area contributed by atoms with Crippen molar-refractivity contribution < 1.29 is 0 Å². The Bertz CT molecular complexity index is 594. The average molecular weight is 234 g/mol. The molecule has 1 atom stereocenters. The van der Waals surface area contributed by atoms with Crippen molar-refractivity contribution in [2.45, 2.75) is 18.9 Å². The molecular weight excluding hydrogens is 220 g/mol. The van der Waals surface area contributed by atoms with Gasteiger partial charge in [0.15, 0.2) is 5.65 Å². The molecule has 90 valence electrons. The van der Waals surface area contributed by atoms with Gasteiger partial charge in [0.25, 0.3) is 0 Å². The summed E-state index contributed by atoms with van der Waals surface area (Å²) in [4.78, 5) is 11.4. The summed E-state index contributed by atoms with van der Waals surface area (Å²) in [6.07, 6.45) is 1.03. The summed E-state index contributed by atoms with van der Waals surface area (Å²) in [7, 11) is 0. The largest absolute Gasteiger partial charge is 0.364 e. The molecule has 0 saturated carbocycles. The number of anilines is 1. The molecule has 3 rings (SSSR count). The minimum absolute atomic E-state index is 0.00593. The topological polar surface area (TPSA) is 87.1 Å². The zero-order valence-electron chi connectivity index (χ0n) is 9.53. The van der Waals surface area contributed by atoms with Crippen LogP contribution in [-0.4, -0.2) is 38.4 Å². The number of nitrogens with zero attached hydrogens (tertiary/aromatic N) is 3. The lowest BCUT2D eigenvalue weighted by Crippen LogP contribution is -2.37. The second-order valence-corrected chi connectivity index (χ2v) is 4.63. The van der Waals surface area contributed by atoms with Crippen LogP contribution in [0, 0.1) is 0 Å². The van der Waals surface area contributed by atoms with Crippen molar-refractivity contribution in [2.24, 2.45) is 0 Å². The molecule has 1 aliphatic heterocycles. The second-order valence-electron chi connectivity index (χ2n) is 4.63. The van der Waals surface area contributed by atoms with E-state index in [-0.39, 0.29) is 11.2 Å². The highest BCUT2D eigenvalue weighted by molar-refractivity contribution is 5.44. The van der Waals surface area contributed by atoms with Crippen molar-refractivity contribution in [3.63, 3.8) is 0 Å². The standard InChI is InChI=1S/C10H14N6O/c1-10(4-5-11-6-10)12-7-2-3-8-13-14-9(17)16(8)15-7/h2-3,11H,4-6H2,1H3,(H,12,15)(H,14,17). The van der Waals surface area contributed by atoms with E-state index in [1.807, 2.05) is 6.07 Å². The summed E-state index contributed by atoms with van der Waals surface area (Å²) in [6.45, 7) is 4.03. The molecule has 0 aromatic carbocycles. The molecule has 0 aliphatic carbocycles. The summed E-state index contributed by atoms with van der Waals surface area (Å²) < 4.78 is 1.26. The molecule has 7 heteroatoms. The first kappa shape index (κ1) is 10.3. The fraction of sp³-hybridized carbons (Fsp3) is 0.500. The van der Waals surface area contributed by atoms with Gasteiger partial charge in [-0.3, -0.25) is 0 Å². The van der Waals surface area contributed by atoms with E-state index in [1.165, 1.54) is 4.52 Å².